The largest absolute Gasteiger partial charge is 0.365 e. The van der Waals surface area contributed by atoms with Crippen molar-refractivity contribution in [1.82, 2.24) is 15.3 Å². The van der Waals surface area contributed by atoms with E-state index >= 15 is 0 Å². The summed E-state index contributed by atoms with van der Waals surface area (Å²) in [5.74, 6) is 0.363. The summed E-state index contributed by atoms with van der Waals surface area (Å²) >= 11 is 11.9. The van der Waals surface area contributed by atoms with E-state index in [2.05, 4.69) is 20.6 Å². The third-order valence-electron chi connectivity index (χ3n) is 3.94. The third-order valence-corrected chi connectivity index (χ3v) is 4.68. The molecule has 0 bridgehead atoms. The van der Waals surface area contributed by atoms with Crippen LogP contribution in [0.2, 0.25) is 10.0 Å². The Morgan fingerprint density at radius 1 is 0.963 bits per heavy atom. The minimum atomic E-state index is -0.180. The number of aromatic nitrogens is 2. The molecule has 3 aromatic rings. The van der Waals surface area contributed by atoms with Crippen molar-refractivity contribution < 1.29 is 4.79 Å². The van der Waals surface area contributed by atoms with Crippen LogP contribution in [-0.4, -0.2) is 22.4 Å². The van der Waals surface area contributed by atoms with Gasteiger partial charge in [-0.3, -0.25) is 9.78 Å². The number of halogens is 2. The van der Waals surface area contributed by atoms with Crippen molar-refractivity contribution in [3.05, 3.63) is 87.8 Å². The molecule has 27 heavy (non-hydrogen) atoms. The highest BCUT2D eigenvalue weighted by molar-refractivity contribution is 6.42. The molecular formula is C20H18Cl2N4O. The third kappa shape index (κ3) is 5.42. The molecule has 2 aromatic heterocycles. The van der Waals surface area contributed by atoms with Gasteiger partial charge in [0.25, 0.3) is 5.91 Å². The Morgan fingerprint density at radius 3 is 2.56 bits per heavy atom. The van der Waals surface area contributed by atoms with Crippen LogP contribution in [-0.2, 0) is 13.0 Å². The second kappa shape index (κ2) is 9.35. The van der Waals surface area contributed by atoms with Crippen LogP contribution >= 0.6 is 23.2 Å². The van der Waals surface area contributed by atoms with Gasteiger partial charge >= 0.3 is 0 Å². The molecule has 0 fully saturated rings. The maximum absolute atomic E-state index is 12.5. The molecule has 3 rings (SSSR count). The number of nitrogens with zero attached hydrogens (tertiary/aromatic N) is 2. The van der Waals surface area contributed by atoms with E-state index in [1.165, 1.54) is 0 Å². The van der Waals surface area contributed by atoms with Crippen molar-refractivity contribution >= 4 is 34.9 Å². The van der Waals surface area contributed by atoms with E-state index in [9.17, 15) is 4.79 Å². The molecule has 0 unspecified atom stereocenters. The molecule has 2 N–H and O–H groups in total. The van der Waals surface area contributed by atoms with Crippen molar-refractivity contribution in [1.29, 1.82) is 0 Å². The summed E-state index contributed by atoms with van der Waals surface area (Å²) in [4.78, 5) is 20.8. The fraction of sp³-hybridized carbons (Fsp3) is 0.150. The van der Waals surface area contributed by atoms with Gasteiger partial charge in [-0.15, -0.1) is 0 Å². The van der Waals surface area contributed by atoms with E-state index in [0.717, 1.165) is 11.1 Å². The zero-order chi connectivity index (χ0) is 19.1. The molecule has 7 heteroatoms. The van der Waals surface area contributed by atoms with Gasteiger partial charge < -0.3 is 10.6 Å². The molecular weight excluding hydrogens is 383 g/mol. The number of carbonyl (C=O) groups excluding carboxylic acids is 1. The number of nitrogens with one attached hydrogen (secondary N) is 2. The fourth-order valence-electron chi connectivity index (χ4n) is 2.53. The van der Waals surface area contributed by atoms with E-state index in [1.54, 1.807) is 36.8 Å². The van der Waals surface area contributed by atoms with Gasteiger partial charge in [-0.1, -0.05) is 29.3 Å². The summed E-state index contributed by atoms with van der Waals surface area (Å²) in [7, 11) is 0. The van der Waals surface area contributed by atoms with E-state index in [1.807, 2.05) is 24.3 Å². The number of anilines is 1. The Morgan fingerprint density at radius 2 is 1.78 bits per heavy atom. The predicted octanol–water partition coefficient (Wildman–Crippen LogP) is 4.37. The van der Waals surface area contributed by atoms with Crippen LogP contribution in [0.4, 0.5) is 5.82 Å². The van der Waals surface area contributed by atoms with Gasteiger partial charge in [0.1, 0.15) is 5.82 Å². The van der Waals surface area contributed by atoms with Gasteiger partial charge in [0, 0.05) is 31.7 Å². The lowest BCUT2D eigenvalue weighted by molar-refractivity contribution is 0.0954. The molecule has 0 radical (unpaired) electrons. The molecule has 0 aliphatic heterocycles. The summed E-state index contributed by atoms with van der Waals surface area (Å²) in [6.45, 7) is 1.04. The van der Waals surface area contributed by atoms with Crippen LogP contribution in [0.5, 0.6) is 0 Å². The number of carbonyl (C=O) groups is 1. The molecule has 0 saturated heterocycles. The Hall–Kier alpha value is -2.63. The molecule has 0 saturated carbocycles. The first kappa shape index (κ1) is 19.1. The van der Waals surface area contributed by atoms with Crippen molar-refractivity contribution in [3.63, 3.8) is 0 Å². The first-order chi connectivity index (χ1) is 13.1. The SMILES string of the molecule is O=C(NCCc1ccc(Cl)c(Cl)c1)c1cccnc1NCc1ccncc1. The molecule has 0 spiro atoms. The molecule has 2 heterocycles. The number of rotatable bonds is 7. The second-order valence-corrected chi connectivity index (χ2v) is 6.68. The highest BCUT2D eigenvalue weighted by atomic mass is 35.5. The fourth-order valence-corrected chi connectivity index (χ4v) is 2.85. The number of benzene rings is 1. The van der Waals surface area contributed by atoms with Crippen LogP contribution in [0.3, 0.4) is 0 Å². The first-order valence-corrected chi connectivity index (χ1v) is 9.19. The van der Waals surface area contributed by atoms with E-state index < -0.39 is 0 Å². The van der Waals surface area contributed by atoms with Gasteiger partial charge in [0.05, 0.1) is 15.6 Å². The quantitative estimate of drug-likeness (QED) is 0.617. The number of amides is 1. The van der Waals surface area contributed by atoms with Crippen molar-refractivity contribution in [3.8, 4) is 0 Å². The number of pyridine rings is 2. The van der Waals surface area contributed by atoms with Gasteiger partial charge in [-0.25, -0.2) is 4.98 Å². The summed E-state index contributed by atoms with van der Waals surface area (Å²) in [5.41, 5.74) is 2.56. The van der Waals surface area contributed by atoms with Crippen molar-refractivity contribution in [2.24, 2.45) is 0 Å². The Labute approximate surface area is 167 Å². The molecule has 1 amide bonds. The standard InChI is InChI=1S/C20H18Cl2N4O/c21-17-4-3-14(12-18(17)22)7-11-25-20(27)16-2-1-8-24-19(16)26-13-15-5-9-23-10-6-15/h1-6,8-10,12H,7,11,13H2,(H,24,26)(H,25,27). The molecule has 1 aromatic carbocycles. The summed E-state index contributed by atoms with van der Waals surface area (Å²) in [6.07, 6.45) is 5.77. The average Bonchev–Trinajstić information content (AvgIpc) is 2.70. The minimum absolute atomic E-state index is 0.180. The highest BCUT2D eigenvalue weighted by Crippen LogP contribution is 2.22. The normalized spacial score (nSPS) is 10.4. The maximum atomic E-state index is 12.5. The summed E-state index contributed by atoms with van der Waals surface area (Å²) in [5, 5.41) is 7.14. The zero-order valence-corrected chi connectivity index (χ0v) is 16.0. The summed E-state index contributed by atoms with van der Waals surface area (Å²) < 4.78 is 0. The monoisotopic (exact) mass is 400 g/mol. The Kier molecular flexibility index (Phi) is 6.63. The number of hydrogen-bond acceptors (Lipinski definition) is 4. The van der Waals surface area contributed by atoms with Crippen LogP contribution in [0, 0.1) is 0 Å². The van der Waals surface area contributed by atoms with Crippen LogP contribution in [0.15, 0.2) is 61.1 Å². The lowest BCUT2D eigenvalue weighted by atomic mass is 10.1. The second-order valence-electron chi connectivity index (χ2n) is 5.86. The summed E-state index contributed by atoms with van der Waals surface area (Å²) in [6, 6.07) is 12.8. The molecule has 5 nitrogen and oxygen atoms in total. The van der Waals surface area contributed by atoms with Gasteiger partial charge in [0.2, 0.25) is 0 Å². The van der Waals surface area contributed by atoms with Gasteiger partial charge in [-0.05, 0) is 53.9 Å². The predicted molar refractivity (Wildman–Crippen MR) is 108 cm³/mol. The Balaban J connectivity index is 1.58. The van der Waals surface area contributed by atoms with Crippen molar-refractivity contribution in [2.75, 3.05) is 11.9 Å². The Bertz CT molecular complexity index is 919. The average molecular weight is 401 g/mol. The van der Waals surface area contributed by atoms with E-state index in [0.29, 0.717) is 40.9 Å². The van der Waals surface area contributed by atoms with Gasteiger partial charge in [0.15, 0.2) is 0 Å². The van der Waals surface area contributed by atoms with Crippen LogP contribution in [0.1, 0.15) is 21.5 Å². The van der Waals surface area contributed by atoms with Crippen LogP contribution < -0.4 is 10.6 Å². The molecule has 0 atom stereocenters. The van der Waals surface area contributed by atoms with Crippen molar-refractivity contribution in [2.45, 2.75) is 13.0 Å². The first-order valence-electron chi connectivity index (χ1n) is 8.43. The van der Waals surface area contributed by atoms with E-state index in [-0.39, 0.29) is 5.91 Å². The zero-order valence-electron chi connectivity index (χ0n) is 14.5. The molecule has 138 valence electrons. The van der Waals surface area contributed by atoms with E-state index in [4.69, 9.17) is 23.2 Å². The highest BCUT2D eigenvalue weighted by Gasteiger charge is 2.12. The lowest BCUT2D eigenvalue weighted by Crippen LogP contribution is -2.26. The number of hydrogen-bond donors (Lipinski definition) is 2. The minimum Gasteiger partial charge on any atom is -0.365 e. The molecule has 0 aliphatic carbocycles. The molecule has 0 aliphatic rings. The van der Waals surface area contributed by atoms with Gasteiger partial charge in [-0.2, -0.15) is 0 Å². The maximum Gasteiger partial charge on any atom is 0.255 e. The smallest absolute Gasteiger partial charge is 0.255 e. The lowest BCUT2D eigenvalue weighted by Gasteiger charge is -2.11. The van der Waals surface area contributed by atoms with Crippen LogP contribution in [0.25, 0.3) is 0 Å². The topological polar surface area (TPSA) is 66.9 Å².